The number of carbonyl (C=O) groups is 2. The Hall–Kier alpha value is -2.30. The summed E-state index contributed by atoms with van der Waals surface area (Å²) in [6.07, 6.45) is 6.85. The molecule has 1 fully saturated rings. The number of carboxylic acid groups (broad SMARTS) is 1. The summed E-state index contributed by atoms with van der Waals surface area (Å²) in [4.78, 5) is 23.4. The average molecular weight is 313 g/mol. The molecule has 5 nitrogen and oxygen atoms in total. The van der Waals surface area contributed by atoms with E-state index in [1.165, 1.54) is 17.5 Å². The van der Waals surface area contributed by atoms with E-state index in [4.69, 9.17) is 4.42 Å². The van der Waals surface area contributed by atoms with Gasteiger partial charge in [-0.05, 0) is 61.3 Å². The van der Waals surface area contributed by atoms with Crippen molar-refractivity contribution in [3.05, 3.63) is 35.1 Å². The molecule has 5 heteroatoms. The summed E-state index contributed by atoms with van der Waals surface area (Å²) < 4.78 is 5.59. The van der Waals surface area contributed by atoms with Gasteiger partial charge in [0.2, 0.25) is 5.91 Å². The van der Waals surface area contributed by atoms with Crippen molar-refractivity contribution in [1.29, 1.82) is 0 Å². The van der Waals surface area contributed by atoms with E-state index in [1.807, 2.05) is 0 Å². The molecule has 120 valence electrons. The molecule has 2 aromatic rings. The minimum Gasteiger partial charge on any atom is -0.480 e. The maximum Gasteiger partial charge on any atom is 0.326 e. The molecular formula is C18H19NO4. The summed E-state index contributed by atoms with van der Waals surface area (Å²) in [6.45, 7) is 0. The van der Waals surface area contributed by atoms with E-state index in [0.717, 1.165) is 42.2 Å². The SMILES string of the molecule is O=C(Cc1coc2cc3c(cc12)CCC3)NC(C(=O)O)C1CC1. The summed E-state index contributed by atoms with van der Waals surface area (Å²) in [5, 5.41) is 12.8. The van der Waals surface area contributed by atoms with Gasteiger partial charge in [0.25, 0.3) is 0 Å². The van der Waals surface area contributed by atoms with E-state index in [2.05, 4.69) is 17.4 Å². The van der Waals surface area contributed by atoms with Crippen molar-refractivity contribution in [3.8, 4) is 0 Å². The lowest BCUT2D eigenvalue weighted by Crippen LogP contribution is -2.43. The van der Waals surface area contributed by atoms with Crippen LogP contribution in [0.25, 0.3) is 11.0 Å². The average Bonchev–Trinajstić information content (AvgIpc) is 3.13. The summed E-state index contributed by atoms with van der Waals surface area (Å²) in [7, 11) is 0. The lowest BCUT2D eigenvalue weighted by molar-refractivity contribution is -0.142. The molecule has 0 radical (unpaired) electrons. The minimum atomic E-state index is -0.948. The van der Waals surface area contributed by atoms with Gasteiger partial charge in [-0.2, -0.15) is 0 Å². The van der Waals surface area contributed by atoms with Gasteiger partial charge in [0, 0.05) is 10.9 Å². The highest BCUT2D eigenvalue weighted by atomic mass is 16.4. The largest absolute Gasteiger partial charge is 0.480 e. The Labute approximate surface area is 133 Å². The fourth-order valence-electron chi connectivity index (χ4n) is 3.49. The van der Waals surface area contributed by atoms with Crippen LogP contribution in [0.4, 0.5) is 0 Å². The second-order valence-corrected chi connectivity index (χ2v) is 6.63. The zero-order valence-electron chi connectivity index (χ0n) is 12.8. The molecule has 0 spiro atoms. The van der Waals surface area contributed by atoms with Crippen molar-refractivity contribution < 1.29 is 19.1 Å². The number of hydrogen-bond acceptors (Lipinski definition) is 3. The first-order chi connectivity index (χ1) is 11.1. The lowest BCUT2D eigenvalue weighted by atomic mass is 10.0. The van der Waals surface area contributed by atoms with Gasteiger partial charge in [-0.25, -0.2) is 4.79 Å². The molecule has 1 aromatic heterocycles. The first kappa shape index (κ1) is 14.3. The van der Waals surface area contributed by atoms with E-state index >= 15 is 0 Å². The Bertz CT molecular complexity index is 788. The zero-order chi connectivity index (χ0) is 16.0. The highest BCUT2D eigenvalue weighted by Crippen LogP contribution is 2.33. The second-order valence-electron chi connectivity index (χ2n) is 6.63. The van der Waals surface area contributed by atoms with Crippen LogP contribution in [-0.2, 0) is 28.9 Å². The first-order valence-electron chi connectivity index (χ1n) is 8.16. The molecule has 23 heavy (non-hydrogen) atoms. The van der Waals surface area contributed by atoms with Gasteiger partial charge < -0.3 is 14.8 Å². The number of benzene rings is 1. The Morgan fingerprint density at radius 1 is 1.26 bits per heavy atom. The van der Waals surface area contributed by atoms with Crippen LogP contribution in [0.1, 0.15) is 36.0 Å². The van der Waals surface area contributed by atoms with Gasteiger partial charge in [0.15, 0.2) is 0 Å². The maximum atomic E-state index is 12.2. The fraction of sp³-hybridized carbons (Fsp3) is 0.444. The third kappa shape index (κ3) is 2.71. The number of carbonyl (C=O) groups excluding carboxylic acids is 1. The van der Waals surface area contributed by atoms with Crippen LogP contribution in [0.5, 0.6) is 0 Å². The molecule has 1 unspecified atom stereocenters. The fourth-order valence-corrected chi connectivity index (χ4v) is 3.49. The van der Waals surface area contributed by atoms with Crippen LogP contribution in [0.3, 0.4) is 0 Å². The summed E-state index contributed by atoms with van der Waals surface area (Å²) in [5.41, 5.74) is 4.31. The third-order valence-electron chi connectivity index (χ3n) is 4.90. The molecule has 0 saturated heterocycles. The van der Waals surface area contributed by atoms with Crippen molar-refractivity contribution in [3.63, 3.8) is 0 Å². The minimum absolute atomic E-state index is 0.0841. The van der Waals surface area contributed by atoms with Crippen molar-refractivity contribution in [1.82, 2.24) is 5.32 Å². The van der Waals surface area contributed by atoms with Crippen LogP contribution in [0, 0.1) is 5.92 Å². The molecule has 0 bridgehead atoms. The number of aliphatic carboxylic acids is 1. The quantitative estimate of drug-likeness (QED) is 0.888. The molecular weight excluding hydrogens is 294 g/mol. The standard InChI is InChI=1S/C18H19NO4/c20-16(19-17(18(21)22)10-4-5-10)8-13-9-23-15-7-12-3-1-2-11(12)6-14(13)15/h6-7,9-10,17H,1-5,8H2,(H,19,20)(H,21,22). The molecule has 1 aromatic carbocycles. The zero-order valence-corrected chi connectivity index (χ0v) is 12.8. The van der Waals surface area contributed by atoms with Crippen molar-refractivity contribution >= 4 is 22.8 Å². The van der Waals surface area contributed by atoms with E-state index < -0.39 is 12.0 Å². The van der Waals surface area contributed by atoms with E-state index in [9.17, 15) is 14.7 Å². The number of amides is 1. The van der Waals surface area contributed by atoms with Crippen LogP contribution < -0.4 is 5.32 Å². The highest BCUT2D eigenvalue weighted by Gasteiger charge is 2.37. The van der Waals surface area contributed by atoms with Gasteiger partial charge in [-0.3, -0.25) is 4.79 Å². The first-order valence-corrected chi connectivity index (χ1v) is 8.16. The van der Waals surface area contributed by atoms with Gasteiger partial charge in [-0.1, -0.05) is 0 Å². The molecule has 1 atom stereocenters. The molecule has 2 N–H and O–H groups in total. The predicted molar refractivity (Wildman–Crippen MR) is 84.2 cm³/mol. The van der Waals surface area contributed by atoms with E-state index in [0.29, 0.717) is 0 Å². The topological polar surface area (TPSA) is 79.5 Å². The molecule has 4 rings (SSSR count). The molecule has 1 saturated carbocycles. The second kappa shape index (κ2) is 5.41. The van der Waals surface area contributed by atoms with Gasteiger partial charge >= 0.3 is 5.97 Å². The number of fused-ring (bicyclic) bond motifs is 2. The third-order valence-corrected chi connectivity index (χ3v) is 4.90. The summed E-state index contributed by atoms with van der Waals surface area (Å²) >= 11 is 0. The molecule has 1 amide bonds. The number of furan rings is 1. The van der Waals surface area contributed by atoms with Crippen molar-refractivity contribution in [2.24, 2.45) is 5.92 Å². The molecule has 0 aliphatic heterocycles. The van der Waals surface area contributed by atoms with Crippen LogP contribution in [-0.4, -0.2) is 23.0 Å². The molecule has 1 heterocycles. The molecule has 2 aliphatic carbocycles. The lowest BCUT2D eigenvalue weighted by Gasteiger charge is -2.13. The van der Waals surface area contributed by atoms with Crippen LogP contribution >= 0.6 is 0 Å². The Balaban J connectivity index is 1.53. The number of aryl methyl sites for hydroxylation is 2. The maximum absolute atomic E-state index is 12.2. The summed E-state index contributed by atoms with van der Waals surface area (Å²) in [5.74, 6) is -1.12. The number of hydrogen-bond donors (Lipinski definition) is 2. The van der Waals surface area contributed by atoms with Crippen LogP contribution in [0.15, 0.2) is 22.8 Å². The van der Waals surface area contributed by atoms with Gasteiger partial charge in [0.1, 0.15) is 11.6 Å². The Morgan fingerprint density at radius 2 is 2.00 bits per heavy atom. The number of carboxylic acids is 1. The highest BCUT2D eigenvalue weighted by molar-refractivity contribution is 5.90. The smallest absolute Gasteiger partial charge is 0.326 e. The Morgan fingerprint density at radius 3 is 2.70 bits per heavy atom. The monoisotopic (exact) mass is 313 g/mol. The summed E-state index contributed by atoms with van der Waals surface area (Å²) in [6, 6.07) is 3.44. The van der Waals surface area contributed by atoms with Crippen LogP contribution in [0.2, 0.25) is 0 Å². The number of nitrogens with one attached hydrogen (secondary N) is 1. The molecule has 2 aliphatic rings. The normalized spacial score (nSPS) is 17.9. The van der Waals surface area contributed by atoms with Crippen molar-refractivity contribution in [2.45, 2.75) is 44.6 Å². The number of rotatable bonds is 5. The Kier molecular flexibility index (Phi) is 3.36. The van der Waals surface area contributed by atoms with Gasteiger partial charge in [0.05, 0.1) is 12.7 Å². The van der Waals surface area contributed by atoms with Crippen molar-refractivity contribution in [2.75, 3.05) is 0 Å². The predicted octanol–water partition coefficient (Wildman–Crippen LogP) is 2.44. The van der Waals surface area contributed by atoms with Gasteiger partial charge in [-0.15, -0.1) is 0 Å². The van der Waals surface area contributed by atoms with E-state index in [-0.39, 0.29) is 18.2 Å². The van der Waals surface area contributed by atoms with E-state index in [1.54, 1.807) is 6.26 Å².